The highest BCUT2D eigenvalue weighted by molar-refractivity contribution is 5.83. The van der Waals surface area contributed by atoms with Gasteiger partial charge in [0.15, 0.2) is 11.3 Å². The fraction of sp³-hybridized carbons (Fsp3) is 0.600. The van der Waals surface area contributed by atoms with Gasteiger partial charge >= 0.3 is 12.2 Å². The van der Waals surface area contributed by atoms with E-state index in [1.165, 1.54) is 22.4 Å². The summed E-state index contributed by atoms with van der Waals surface area (Å²) in [5.74, 6) is 0.951. The predicted octanol–water partition coefficient (Wildman–Crippen LogP) is 9.61. The number of fused-ring (bicyclic) bond motifs is 6. The standard InChI is InChI=1S/C24H32N4O3.C24H30N4O3.2CH4/c2*1-24(2,3)31-23(29)27-10-4-5-17(14-27)20-15-28-21(26-20)13-25-19-7-6-18(22(19)28)16-8-11-30-12-9-16;;/h6,13,15-17H,4-5,7-12,14H2,1-3H3;6,8,13,15,17H,4-5,7,9-12,14H2,1-3H3;2*1H4. The topological polar surface area (TPSA) is 138 Å². The van der Waals surface area contributed by atoms with Gasteiger partial charge in [-0.1, -0.05) is 33.1 Å². The highest BCUT2D eigenvalue weighted by Crippen LogP contribution is 2.39. The number of carbonyl (C=O) groups is 2. The molecule has 2 amide bonds. The summed E-state index contributed by atoms with van der Waals surface area (Å²) in [4.78, 5) is 48.1. The first-order valence-electron chi connectivity index (χ1n) is 22.7. The first kappa shape index (κ1) is 46.9. The zero-order chi connectivity index (χ0) is 43.2. The minimum Gasteiger partial charge on any atom is -0.444 e. The quantitative estimate of drug-likeness (QED) is 0.195. The van der Waals surface area contributed by atoms with Gasteiger partial charge < -0.3 is 28.7 Å². The summed E-state index contributed by atoms with van der Waals surface area (Å²) < 4.78 is 26.7. The summed E-state index contributed by atoms with van der Waals surface area (Å²) in [6.45, 7) is 17.3. The second-order valence-electron chi connectivity index (χ2n) is 19.6. The van der Waals surface area contributed by atoms with E-state index in [0.717, 1.165) is 130 Å². The third kappa shape index (κ3) is 10.1. The van der Waals surface area contributed by atoms with E-state index in [1.54, 1.807) is 0 Å². The summed E-state index contributed by atoms with van der Waals surface area (Å²) >= 11 is 0. The van der Waals surface area contributed by atoms with Crippen LogP contribution < -0.4 is 0 Å². The summed E-state index contributed by atoms with van der Waals surface area (Å²) in [5, 5.41) is 0. The van der Waals surface area contributed by atoms with Crippen molar-refractivity contribution in [1.29, 1.82) is 0 Å². The van der Waals surface area contributed by atoms with Crippen LogP contribution in [0.5, 0.6) is 0 Å². The maximum atomic E-state index is 12.6. The van der Waals surface area contributed by atoms with E-state index in [4.69, 9.17) is 38.9 Å². The number of amides is 2. The normalized spacial score (nSPS) is 21.4. The summed E-state index contributed by atoms with van der Waals surface area (Å²) in [6.07, 6.45) is 23.2. The van der Waals surface area contributed by atoms with Crippen LogP contribution in [-0.2, 0) is 31.8 Å². The molecule has 10 rings (SSSR count). The highest BCUT2D eigenvalue weighted by atomic mass is 16.6. The molecule has 14 heteroatoms. The molecule has 346 valence electrons. The van der Waals surface area contributed by atoms with Crippen molar-refractivity contribution in [2.45, 2.75) is 137 Å². The maximum absolute atomic E-state index is 12.6. The number of hydrogen-bond donors (Lipinski definition) is 0. The molecule has 64 heavy (non-hydrogen) atoms. The zero-order valence-electron chi connectivity index (χ0n) is 37.3. The molecule has 2 unspecified atom stereocenters. The molecule has 14 nitrogen and oxygen atoms in total. The smallest absolute Gasteiger partial charge is 0.410 e. The minimum absolute atomic E-state index is 0. The van der Waals surface area contributed by atoms with Crippen molar-refractivity contribution in [1.82, 2.24) is 38.5 Å². The Morgan fingerprint density at radius 2 is 1.19 bits per heavy atom. The Hall–Kier alpha value is -5.08. The number of piperidine rings is 2. The van der Waals surface area contributed by atoms with Gasteiger partial charge in [0, 0.05) is 76.5 Å². The third-order valence-electron chi connectivity index (χ3n) is 12.7. The van der Waals surface area contributed by atoms with E-state index in [0.29, 0.717) is 25.6 Å². The number of ether oxygens (including phenoxy) is 4. The SMILES string of the molecule is C.C.CC(C)(C)OC(=O)N1CCCC(c2cn3c4c(ncc3n2)CC=C4C2=CCOCC2)C1.CC(C)(C)OC(=O)N1CCCC(c2cn3c4c(ncc3n2)CC=C4C2CCOCC2)C1. The van der Waals surface area contributed by atoms with E-state index >= 15 is 0 Å². The van der Waals surface area contributed by atoms with Crippen molar-refractivity contribution in [3.05, 3.63) is 82.8 Å². The zero-order valence-corrected chi connectivity index (χ0v) is 37.3. The third-order valence-corrected chi connectivity index (χ3v) is 12.7. The van der Waals surface area contributed by atoms with Crippen molar-refractivity contribution in [3.8, 4) is 0 Å². The van der Waals surface area contributed by atoms with Crippen LogP contribution in [0, 0.1) is 5.92 Å². The Morgan fingerprint density at radius 3 is 1.72 bits per heavy atom. The van der Waals surface area contributed by atoms with Crippen molar-refractivity contribution < 1.29 is 28.5 Å². The molecular formula is C50H70N8O6. The number of likely N-dealkylation sites (tertiary alicyclic amines) is 2. The van der Waals surface area contributed by atoms with E-state index in [2.05, 4.69) is 39.4 Å². The molecule has 4 aromatic rings. The summed E-state index contributed by atoms with van der Waals surface area (Å²) in [6, 6.07) is 0. The van der Waals surface area contributed by atoms with Crippen LogP contribution in [0.2, 0.25) is 0 Å². The molecule has 2 atom stereocenters. The van der Waals surface area contributed by atoms with Crippen LogP contribution in [0.25, 0.3) is 22.4 Å². The lowest BCUT2D eigenvalue weighted by molar-refractivity contribution is 0.0187. The van der Waals surface area contributed by atoms with Crippen LogP contribution in [-0.4, -0.2) is 115 Å². The highest BCUT2D eigenvalue weighted by Gasteiger charge is 2.33. The Labute approximate surface area is 379 Å². The average molecular weight is 879 g/mol. The number of imidazole rings is 2. The molecule has 6 aliphatic rings. The van der Waals surface area contributed by atoms with Crippen LogP contribution >= 0.6 is 0 Å². The average Bonchev–Trinajstić information content (AvgIpc) is 4.07. The number of allylic oxidation sites excluding steroid dienone is 4. The lowest BCUT2D eigenvalue weighted by Gasteiger charge is -2.33. The lowest BCUT2D eigenvalue weighted by Crippen LogP contribution is -2.42. The molecule has 0 aromatic carbocycles. The molecule has 4 aliphatic heterocycles. The van der Waals surface area contributed by atoms with Gasteiger partial charge in [-0.05, 0) is 109 Å². The number of hydrogen-bond acceptors (Lipinski definition) is 10. The van der Waals surface area contributed by atoms with Crippen molar-refractivity contribution in [2.24, 2.45) is 5.92 Å². The van der Waals surface area contributed by atoms with E-state index in [1.807, 2.05) is 63.7 Å². The van der Waals surface area contributed by atoms with Crippen LogP contribution in [0.1, 0.15) is 147 Å². The van der Waals surface area contributed by atoms with E-state index < -0.39 is 11.2 Å². The van der Waals surface area contributed by atoms with Crippen LogP contribution in [0.4, 0.5) is 9.59 Å². The molecule has 4 aromatic heterocycles. The molecule has 0 radical (unpaired) electrons. The Bertz CT molecular complexity index is 2430. The first-order valence-corrected chi connectivity index (χ1v) is 22.7. The number of aromatic nitrogens is 6. The molecule has 2 aliphatic carbocycles. The molecule has 0 saturated carbocycles. The first-order chi connectivity index (χ1) is 29.8. The van der Waals surface area contributed by atoms with Crippen molar-refractivity contribution in [2.75, 3.05) is 52.6 Å². The van der Waals surface area contributed by atoms with Gasteiger partial charge in [-0.15, -0.1) is 0 Å². The Balaban J connectivity index is 0.000000186. The largest absolute Gasteiger partial charge is 0.444 e. The van der Waals surface area contributed by atoms with Gasteiger partial charge in [0.2, 0.25) is 0 Å². The Kier molecular flexibility index (Phi) is 14.1. The monoisotopic (exact) mass is 879 g/mol. The molecule has 0 bridgehead atoms. The van der Waals surface area contributed by atoms with Crippen molar-refractivity contribution in [3.63, 3.8) is 0 Å². The fourth-order valence-electron chi connectivity index (χ4n) is 9.77. The number of carbonyl (C=O) groups excluding carboxylic acids is 2. The second-order valence-corrected chi connectivity index (χ2v) is 19.6. The van der Waals surface area contributed by atoms with Gasteiger partial charge in [0.05, 0.1) is 59.8 Å². The van der Waals surface area contributed by atoms with E-state index in [-0.39, 0.29) is 38.9 Å². The second kappa shape index (κ2) is 19.2. The fourth-order valence-corrected chi connectivity index (χ4v) is 9.77. The molecule has 3 saturated heterocycles. The van der Waals surface area contributed by atoms with Gasteiger partial charge in [0.25, 0.3) is 0 Å². The molecule has 8 heterocycles. The van der Waals surface area contributed by atoms with Crippen LogP contribution in [0.15, 0.2) is 48.6 Å². The molecular weight excluding hydrogens is 809 g/mol. The van der Waals surface area contributed by atoms with Gasteiger partial charge in [-0.3, -0.25) is 18.8 Å². The maximum Gasteiger partial charge on any atom is 0.410 e. The lowest BCUT2D eigenvalue weighted by atomic mass is 9.90. The van der Waals surface area contributed by atoms with Gasteiger partial charge in [0.1, 0.15) is 11.2 Å². The van der Waals surface area contributed by atoms with Crippen LogP contribution in [0.3, 0.4) is 0 Å². The van der Waals surface area contributed by atoms with Gasteiger partial charge in [-0.2, -0.15) is 0 Å². The molecule has 3 fully saturated rings. The summed E-state index contributed by atoms with van der Waals surface area (Å²) in [5.41, 5.74) is 11.5. The minimum atomic E-state index is -0.485. The van der Waals surface area contributed by atoms with E-state index in [9.17, 15) is 9.59 Å². The van der Waals surface area contributed by atoms with Gasteiger partial charge in [-0.25, -0.2) is 19.6 Å². The van der Waals surface area contributed by atoms with Crippen molar-refractivity contribution >= 4 is 34.6 Å². The number of nitrogens with zero attached hydrogens (tertiary/aromatic N) is 8. The molecule has 0 N–H and O–H groups in total. The number of rotatable bonds is 4. The summed E-state index contributed by atoms with van der Waals surface area (Å²) in [7, 11) is 0. The Morgan fingerprint density at radius 1 is 0.656 bits per heavy atom. The predicted molar refractivity (Wildman–Crippen MR) is 249 cm³/mol. The molecule has 0 spiro atoms.